The molecule has 4 heterocycles. The zero-order valence-corrected chi connectivity index (χ0v) is 23.0. The number of amides is 3. The number of carbonyl (C=O) groups excluding carboxylic acids is 3. The molecule has 2 bridgehead atoms. The van der Waals surface area contributed by atoms with E-state index in [0.717, 1.165) is 5.52 Å². The third kappa shape index (κ3) is 4.41. The summed E-state index contributed by atoms with van der Waals surface area (Å²) < 4.78 is 13.5. The van der Waals surface area contributed by atoms with E-state index in [1.165, 1.54) is 4.90 Å². The van der Waals surface area contributed by atoms with E-state index in [-0.39, 0.29) is 25.1 Å². The summed E-state index contributed by atoms with van der Waals surface area (Å²) in [6.07, 6.45) is 0.961. The van der Waals surface area contributed by atoms with Gasteiger partial charge in [0.15, 0.2) is 0 Å². The number of nitrogens with zero attached hydrogens (tertiary/aromatic N) is 4. The van der Waals surface area contributed by atoms with Gasteiger partial charge in [0.25, 0.3) is 0 Å². The minimum atomic E-state index is -1.17. The van der Waals surface area contributed by atoms with Crippen molar-refractivity contribution in [2.45, 2.75) is 63.6 Å². The fraction of sp³-hybridized carbons (Fsp3) is 0.483. The van der Waals surface area contributed by atoms with Gasteiger partial charge in [0.05, 0.1) is 42.7 Å². The van der Waals surface area contributed by atoms with E-state index < -0.39 is 41.5 Å². The smallest absolute Gasteiger partial charge is 0.247 e. The van der Waals surface area contributed by atoms with Crippen molar-refractivity contribution < 1.29 is 29.0 Å². The molecular formula is C29H34N6O6. The average Bonchev–Trinajstić information content (AvgIpc) is 3.73. The van der Waals surface area contributed by atoms with Crippen LogP contribution < -0.4 is 15.4 Å². The van der Waals surface area contributed by atoms with Crippen LogP contribution in [-0.2, 0) is 25.8 Å². The lowest BCUT2D eigenvalue weighted by molar-refractivity contribution is -0.145. The van der Waals surface area contributed by atoms with Crippen LogP contribution in [0.2, 0.25) is 0 Å². The van der Waals surface area contributed by atoms with Gasteiger partial charge in [0.2, 0.25) is 17.7 Å². The largest absolute Gasteiger partial charge is 0.494 e. The average molecular weight is 563 g/mol. The minimum absolute atomic E-state index is 0.0413. The normalized spacial score (nSPS) is 27.2. The molecule has 3 amide bonds. The maximum atomic E-state index is 14.1. The lowest BCUT2D eigenvalue weighted by Gasteiger charge is -2.36. The molecular weight excluding hydrogens is 528 g/mol. The van der Waals surface area contributed by atoms with Crippen LogP contribution in [0.25, 0.3) is 11.0 Å². The molecule has 3 aromatic rings. The van der Waals surface area contributed by atoms with Gasteiger partial charge in [-0.3, -0.25) is 14.4 Å². The first-order valence-corrected chi connectivity index (χ1v) is 14.1. The highest BCUT2D eigenvalue weighted by molar-refractivity contribution is 6.02. The maximum Gasteiger partial charge on any atom is 0.247 e. The van der Waals surface area contributed by atoms with Crippen LogP contribution >= 0.6 is 0 Å². The Morgan fingerprint density at radius 2 is 1.95 bits per heavy atom. The van der Waals surface area contributed by atoms with Gasteiger partial charge in [0, 0.05) is 5.69 Å². The van der Waals surface area contributed by atoms with Gasteiger partial charge < -0.3 is 30.1 Å². The molecule has 12 nitrogen and oxygen atoms in total. The topological polar surface area (TPSA) is 148 Å². The Bertz CT molecular complexity index is 1460. The highest BCUT2D eigenvalue weighted by Crippen LogP contribution is 2.59. The highest BCUT2D eigenvalue weighted by Gasteiger charge is 2.75. The van der Waals surface area contributed by atoms with Crippen LogP contribution in [0.15, 0.2) is 48.5 Å². The van der Waals surface area contributed by atoms with Crippen LogP contribution in [0.1, 0.15) is 33.1 Å². The molecule has 1 aromatic heterocycles. The predicted molar refractivity (Wildman–Crippen MR) is 148 cm³/mol. The Balaban J connectivity index is 1.27. The summed E-state index contributed by atoms with van der Waals surface area (Å²) in [6, 6.07) is 12.9. The van der Waals surface area contributed by atoms with E-state index in [4.69, 9.17) is 9.47 Å². The predicted octanol–water partition coefficient (Wildman–Crippen LogP) is 1.69. The van der Waals surface area contributed by atoms with Crippen LogP contribution in [-0.4, -0.2) is 79.7 Å². The van der Waals surface area contributed by atoms with Crippen molar-refractivity contribution in [1.82, 2.24) is 25.2 Å². The Morgan fingerprint density at radius 1 is 1.17 bits per heavy atom. The molecule has 12 heteroatoms. The molecule has 216 valence electrons. The molecule has 41 heavy (non-hydrogen) atoms. The number of carbonyl (C=O) groups is 3. The molecule has 2 aromatic carbocycles. The molecule has 3 aliphatic rings. The molecule has 2 unspecified atom stereocenters. The van der Waals surface area contributed by atoms with Crippen molar-refractivity contribution in [2.75, 3.05) is 18.5 Å². The standard InChI is InChI=1S/C29H34N6O6/c1-3-18(15-36)35-25(27(38)30-16-34-21-8-6-5-7-20(21)32-33-34)29-14-13-22(41-29)23(24(29)28(35)39)26(37)31-17-9-11-19(12-10-17)40-4-2/h5-12,18,22-25,36H,3-4,13-16H2,1-2H3,(H,30,38)(H,31,37)/t18-,22+,23-,24-,25?,29?/m0/s1. The number of hydrogen-bond donors (Lipinski definition) is 3. The number of para-hydroxylation sites is 1. The van der Waals surface area contributed by atoms with Crippen molar-refractivity contribution >= 4 is 34.4 Å². The Labute approximate surface area is 237 Å². The number of aliphatic hydroxyl groups excluding tert-OH is 1. The number of aliphatic hydroxyl groups is 1. The first-order valence-electron chi connectivity index (χ1n) is 14.1. The Kier molecular flexibility index (Phi) is 7.12. The van der Waals surface area contributed by atoms with E-state index in [2.05, 4.69) is 20.9 Å². The molecule has 0 saturated carbocycles. The molecule has 0 radical (unpaired) electrons. The number of nitrogens with one attached hydrogen (secondary N) is 2. The molecule has 6 atom stereocenters. The van der Waals surface area contributed by atoms with E-state index in [0.29, 0.717) is 42.8 Å². The van der Waals surface area contributed by atoms with Crippen LogP contribution in [0.4, 0.5) is 5.69 Å². The molecule has 0 aliphatic carbocycles. The van der Waals surface area contributed by atoms with Gasteiger partial charge in [0.1, 0.15) is 29.6 Å². The van der Waals surface area contributed by atoms with Crippen LogP contribution in [0.5, 0.6) is 5.75 Å². The van der Waals surface area contributed by atoms with Crippen LogP contribution in [0.3, 0.4) is 0 Å². The third-order valence-electron chi connectivity index (χ3n) is 8.62. The second kappa shape index (κ2) is 10.7. The van der Waals surface area contributed by atoms with Crippen molar-refractivity contribution in [2.24, 2.45) is 11.8 Å². The molecule has 1 spiro atoms. The summed E-state index contributed by atoms with van der Waals surface area (Å²) in [7, 11) is 0. The number of likely N-dealkylation sites (tertiary alicyclic amines) is 1. The number of aromatic nitrogens is 3. The first-order chi connectivity index (χ1) is 19.9. The second-order valence-corrected chi connectivity index (χ2v) is 10.8. The maximum absolute atomic E-state index is 14.1. The zero-order chi connectivity index (χ0) is 28.7. The van der Waals surface area contributed by atoms with E-state index in [9.17, 15) is 19.5 Å². The summed E-state index contributed by atoms with van der Waals surface area (Å²) >= 11 is 0. The monoisotopic (exact) mass is 562 g/mol. The summed E-state index contributed by atoms with van der Waals surface area (Å²) in [5.41, 5.74) is 0.867. The Morgan fingerprint density at radius 3 is 2.68 bits per heavy atom. The van der Waals surface area contributed by atoms with Gasteiger partial charge in [-0.05, 0) is 62.6 Å². The number of rotatable bonds is 10. The molecule has 3 saturated heterocycles. The lowest BCUT2D eigenvalue weighted by atomic mass is 9.70. The summed E-state index contributed by atoms with van der Waals surface area (Å²) in [5.74, 6) is -2.00. The number of hydrogen-bond acceptors (Lipinski definition) is 8. The lowest BCUT2D eigenvalue weighted by Crippen LogP contribution is -2.58. The third-order valence-corrected chi connectivity index (χ3v) is 8.62. The first kappa shape index (κ1) is 27.2. The van der Waals surface area contributed by atoms with Crippen molar-refractivity contribution in [3.8, 4) is 5.75 Å². The molecule has 3 aliphatic heterocycles. The SMILES string of the molecule is CCOc1ccc(NC(=O)[C@@H]2[C@H]3C(=O)N([C@@H](CC)CO)C(C(=O)NCn4nnc5ccccc54)C34CC[C@H]2O4)cc1. The fourth-order valence-corrected chi connectivity index (χ4v) is 6.81. The summed E-state index contributed by atoms with van der Waals surface area (Å²) in [6.45, 7) is 4.01. The zero-order valence-electron chi connectivity index (χ0n) is 23.0. The van der Waals surface area contributed by atoms with Gasteiger partial charge >= 0.3 is 0 Å². The molecule has 3 N–H and O–H groups in total. The van der Waals surface area contributed by atoms with Gasteiger partial charge in [-0.2, -0.15) is 0 Å². The molecule has 3 fully saturated rings. The van der Waals surface area contributed by atoms with Gasteiger partial charge in [-0.1, -0.05) is 24.3 Å². The highest BCUT2D eigenvalue weighted by atomic mass is 16.5. The number of anilines is 1. The Hall–Kier alpha value is -4.03. The summed E-state index contributed by atoms with van der Waals surface area (Å²) in [4.78, 5) is 43.1. The van der Waals surface area contributed by atoms with E-state index in [1.54, 1.807) is 28.9 Å². The minimum Gasteiger partial charge on any atom is -0.494 e. The number of fused-ring (bicyclic) bond motifs is 2. The van der Waals surface area contributed by atoms with Crippen LogP contribution in [0, 0.1) is 11.8 Å². The van der Waals surface area contributed by atoms with Crippen molar-refractivity contribution in [3.05, 3.63) is 48.5 Å². The number of benzene rings is 2. The van der Waals surface area contributed by atoms with Gasteiger partial charge in [-0.15, -0.1) is 5.10 Å². The molecule has 6 rings (SSSR count). The summed E-state index contributed by atoms with van der Waals surface area (Å²) in [5, 5.41) is 24.3. The number of ether oxygens (including phenoxy) is 2. The van der Waals surface area contributed by atoms with Gasteiger partial charge in [-0.25, -0.2) is 4.68 Å². The second-order valence-electron chi connectivity index (χ2n) is 10.8. The van der Waals surface area contributed by atoms with E-state index >= 15 is 0 Å². The van der Waals surface area contributed by atoms with E-state index in [1.807, 2.05) is 38.1 Å². The quantitative estimate of drug-likeness (QED) is 0.338. The van der Waals surface area contributed by atoms with Crippen molar-refractivity contribution in [3.63, 3.8) is 0 Å². The van der Waals surface area contributed by atoms with Crippen molar-refractivity contribution in [1.29, 1.82) is 0 Å². The fourth-order valence-electron chi connectivity index (χ4n) is 6.81.